The summed E-state index contributed by atoms with van der Waals surface area (Å²) in [4.78, 5) is 4.33. The van der Waals surface area contributed by atoms with Gasteiger partial charge in [0.15, 0.2) is 0 Å². The third kappa shape index (κ3) is 2.53. The van der Waals surface area contributed by atoms with Gasteiger partial charge in [-0.2, -0.15) is 4.98 Å². The second kappa shape index (κ2) is 4.67. The van der Waals surface area contributed by atoms with Crippen LogP contribution < -0.4 is 5.73 Å². The first-order valence-corrected chi connectivity index (χ1v) is 5.74. The molecular formula is C13H17N3O. The first kappa shape index (κ1) is 11.8. The molecule has 1 heterocycles. The van der Waals surface area contributed by atoms with Gasteiger partial charge in [0.25, 0.3) is 0 Å². The van der Waals surface area contributed by atoms with Crippen molar-refractivity contribution in [3.05, 3.63) is 35.7 Å². The Kier molecular flexibility index (Phi) is 3.24. The minimum atomic E-state index is -0.207. The van der Waals surface area contributed by atoms with E-state index in [-0.39, 0.29) is 12.0 Å². The molecule has 0 unspecified atom stereocenters. The summed E-state index contributed by atoms with van der Waals surface area (Å²) < 4.78 is 5.19. The molecule has 2 N–H and O–H groups in total. The minimum absolute atomic E-state index is 0.207. The van der Waals surface area contributed by atoms with E-state index in [1.807, 2.05) is 45.0 Å². The van der Waals surface area contributed by atoms with Crippen LogP contribution in [-0.2, 0) is 0 Å². The molecule has 1 aromatic carbocycles. The van der Waals surface area contributed by atoms with Gasteiger partial charge >= 0.3 is 0 Å². The number of rotatable bonds is 3. The van der Waals surface area contributed by atoms with Crippen molar-refractivity contribution in [1.82, 2.24) is 10.1 Å². The molecule has 2 rings (SSSR count). The predicted molar refractivity (Wildman–Crippen MR) is 66.2 cm³/mol. The lowest BCUT2D eigenvalue weighted by atomic mass is 10.1. The summed E-state index contributed by atoms with van der Waals surface area (Å²) in [5, 5.41) is 3.95. The van der Waals surface area contributed by atoms with Crippen LogP contribution in [0.2, 0.25) is 0 Å². The normalized spacial score (nSPS) is 13.0. The fraction of sp³-hybridized carbons (Fsp3) is 0.385. The monoisotopic (exact) mass is 231 g/mol. The quantitative estimate of drug-likeness (QED) is 0.882. The number of hydrogen-bond donors (Lipinski definition) is 1. The van der Waals surface area contributed by atoms with E-state index in [4.69, 9.17) is 10.3 Å². The Morgan fingerprint density at radius 3 is 2.41 bits per heavy atom. The molecule has 0 aliphatic heterocycles. The van der Waals surface area contributed by atoms with Crippen molar-refractivity contribution < 1.29 is 4.52 Å². The lowest BCUT2D eigenvalue weighted by Gasteiger charge is -2.09. The zero-order chi connectivity index (χ0) is 12.4. The molecule has 90 valence electrons. The summed E-state index contributed by atoms with van der Waals surface area (Å²) in [6, 6.07) is 7.79. The van der Waals surface area contributed by atoms with Crippen LogP contribution in [0.1, 0.15) is 31.3 Å². The van der Waals surface area contributed by atoms with Crippen molar-refractivity contribution in [2.45, 2.75) is 26.8 Å². The largest absolute Gasteiger partial charge is 0.337 e. The highest BCUT2D eigenvalue weighted by molar-refractivity contribution is 5.54. The van der Waals surface area contributed by atoms with Crippen LogP contribution in [-0.4, -0.2) is 10.1 Å². The molecule has 17 heavy (non-hydrogen) atoms. The Hall–Kier alpha value is -1.68. The van der Waals surface area contributed by atoms with Crippen LogP contribution in [0.5, 0.6) is 0 Å². The highest BCUT2D eigenvalue weighted by Gasteiger charge is 2.18. The molecule has 0 spiro atoms. The number of aryl methyl sites for hydroxylation is 1. The van der Waals surface area contributed by atoms with Crippen molar-refractivity contribution in [2.75, 3.05) is 0 Å². The van der Waals surface area contributed by atoms with Gasteiger partial charge in [0, 0.05) is 5.56 Å². The molecule has 0 aliphatic carbocycles. The maximum Gasteiger partial charge on any atom is 0.244 e. The average Bonchev–Trinajstić information content (AvgIpc) is 2.78. The summed E-state index contributed by atoms with van der Waals surface area (Å²) in [7, 11) is 0. The number of hydrogen-bond acceptors (Lipinski definition) is 4. The van der Waals surface area contributed by atoms with E-state index < -0.39 is 0 Å². The maximum atomic E-state index is 5.96. The van der Waals surface area contributed by atoms with Gasteiger partial charge in [-0.25, -0.2) is 0 Å². The third-order valence-electron chi connectivity index (χ3n) is 2.75. The van der Waals surface area contributed by atoms with Gasteiger partial charge in [-0.15, -0.1) is 0 Å². The Labute approximate surface area is 101 Å². The van der Waals surface area contributed by atoms with Crippen LogP contribution in [0, 0.1) is 12.8 Å². The standard InChI is InChI=1S/C13H17N3O/c1-8(2)11(14)13-15-12(16-17-13)10-6-4-9(3)5-7-10/h4-8,11H,14H2,1-3H3/t11-/m0/s1. The summed E-state index contributed by atoms with van der Waals surface area (Å²) in [5.41, 5.74) is 8.11. The van der Waals surface area contributed by atoms with E-state index in [9.17, 15) is 0 Å². The predicted octanol–water partition coefficient (Wildman–Crippen LogP) is 2.70. The van der Waals surface area contributed by atoms with Gasteiger partial charge in [0.2, 0.25) is 11.7 Å². The van der Waals surface area contributed by atoms with E-state index in [1.165, 1.54) is 5.56 Å². The van der Waals surface area contributed by atoms with Crippen LogP contribution in [0.3, 0.4) is 0 Å². The summed E-state index contributed by atoms with van der Waals surface area (Å²) in [6.07, 6.45) is 0. The first-order valence-electron chi connectivity index (χ1n) is 5.74. The topological polar surface area (TPSA) is 64.9 Å². The molecule has 0 saturated carbocycles. The molecule has 1 atom stereocenters. The van der Waals surface area contributed by atoms with Gasteiger partial charge in [-0.3, -0.25) is 0 Å². The summed E-state index contributed by atoms with van der Waals surface area (Å²) >= 11 is 0. The van der Waals surface area contributed by atoms with Crippen molar-refractivity contribution in [1.29, 1.82) is 0 Å². The lowest BCUT2D eigenvalue weighted by molar-refractivity contribution is 0.325. The fourth-order valence-electron chi connectivity index (χ4n) is 1.48. The highest BCUT2D eigenvalue weighted by atomic mass is 16.5. The summed E-state index contributed by atoms with van der Waals surface area (Å²) in [5.74, 6) is 1.37. The lowest BCUT2D eigenvalue weighted by Crippen LogP contribution is -2.16. The van der Waals surface area contributed by atoms with E-state index >= 15 is 0 Å². The van der Waals surface area contributed by atoms with Crippen LogP contribution >= 0.6 is 0 Å². The number of aromatic nitrogens is 2. The average molecular weight is 231 g/mol. The van der Waals surface area contributed by atoms with Crippen molar-refractivity contribution >= 4 is 0 Å². The van der Waals surface area contributed by atoms with Gasteiger partial charge in [0.1, 0.15) is 0 Å². The van der Waals surface area contributed by atoms with E-state index in [0.717, 1.165) is 5.56 Å². The van der Waals surface area contributed by atoms with Crippen LogP contribution in [0.4, 0.5) is 0 Å². The molecule has 0 fully saturated rings. The van der Waals surface area contributed by atoms with Gasteiger partial charge in [-0.05, 0) is 12.8 Å². The van der Waals surface area contributed by atoms with Crippen molar-refractivity contribution in [2.24, 2.45) is 11.7 Å². The van der Waals surface area contributed by atoms with Crippen molar-refractivity contribution in [3.63, 3.8) is 0 Å². The zero-order valence-electron chi connectivity index (χ0n) is 10.3. The Balaban J connectivity index is 2.26. The smallest absolute Gasteiger partial charge is 0.244 e. The Morgan fingerprint density at radius 2 is 1.82 bits per heavy atom. The molecule has 0 saturated heterocycles. The molecule has 4 heteroatoms. The molecule has 0 amide bonds. The van der Waals surface area contributed by atoms with Gasteiger partial charge in [-0.1, -0.05) is 48.8 Å². The molecular weight excluding hydrogens is 214 g/mol. The molecule has 2 aromatic rings. The Bertz CT molecular complexity index is 488. The third-order valence-corrected chi connectivity index (χ3v) is 2.75. The second-order valence-electron chi connectivity index (χ2n) is 4.59. The minimum Gasteiger partial charge on any atom is -0.337 e. The molecule has 0 aliphatic rings. The SMILES string of the molecule is Cc1ccc(-c2noc([C@@H](N)C(C)C)n2)cc1. The molecule has 0 radical (unpaired) electrons. The summed E-state index contributed by atoms with van der Waals surface area (Å²) in [6.45, 7) is 6.10. The second-order valence-corrected chi connectivity index (χ2v) is 4.59. The van der Waals surface area contributed by atoms with Crippen LogP contribution in [0.15, 0.2) is 28.8 Å². The number of nitrogens with zero attached hydrogens (tertiary/aromatic N) is 2. The van der Waals surface area contributed by atoms with Gasteiger partial charge < -0.3 is 10.3 Å². The molecule has 4 nitrogen and oxygen atoms in total. The first-order chi connectivity index (χ1) is 8.08. The number of benzene rings is 1. The maximum absolute atomic E-state index is 5.96. The Morgan fingerprint density at radius 1 is 1.18 bits per heavy atom. The fourth-order valence-corrected chi connectivity index (χ4v) is 1.48. The number of nitrogens with two attached hydrogens (primary N) is 1. The highest BCUT2D eigenvalue weighted by Crippen LogP contribution is 2.21. The van der Waals surface area contributed by atoms with Crippen LogP contribution in [0.25, 0.3) is 11.4 Å². The van der Waals surface area contributed by atoms with E-state index in [2.05, 4.69) is 10.1 Å². The van der Waals surface area contributed by atoms with E-state index in [1.54, 1.807) is 0 Å². The zero-order valence-corrected chi connectivity index (χ0v) is 10.3. The van der Waals surface area contributed by atoms with Crippen molar-refractivity contribution in [3.8, 4) is 11.4 Å². The molecule has 1 aromatic heterocycles. The van der Waals surface area contributed by atoms with Gasteiger partial charge in [0.05, 0.1) is 6.04 Å². The van der Waals surface area contributed by atoms with E-state index in [0.29, 0.717) is 11.7 Å². The molecule has 0 bridgehead atoms.